The van der Waals surface area contributed by atoms with Crippen LogP contribution in [0.2, 0.25) is 6.04 Å². The summed E-state index contributed by atoms with van der Waals surface area (Å²) in [5.74, 6) is 0. The molecule has 1 rings (SSSR count). The fourth-order valence-corrected chi connectivity index (χ4v) is 4.79. The molecule has 0 bridgehead atoms. The topological polar surface area (TPSA) is 29.5 Å². The maximum absolute atomic E-state index is 12.5. The van der Waals surface area contributed by atoms with Crippen molar-refractivity contribution in [2.24, 2.45) is 0 Å². The monoisotopic (exact) mass is 152 g/mol. The second-order valence-corrected chi connectivity index (χ2v) is 9.22. The van der Waals surface area contributed by atoms with E-state index in [-0.39, 0.29) is 0 Å². The van der Waals surface area contributed by atoms with E-state index in [1.807, 2.05) is 0 Å². The van der Waals surface area contributed by atoms with Crippen molar-refractivity contribution < 1.29 is 13.3 Å². The van der Waals surface area contributed by atoms with E-state index < -0.39 is 17.4 Å². The van der Waals surface area contributed by atoms with E-state index >= 15 is 0 Å². The average Bonchev–Trinajstić information content (AvgIpc) is 1.65. The second-order valence-electron chi connectivity index (χ2n) is 2.07. The molecule has 1 fully saturated rings. The van der Waals surface area contributed by atoms with Gasteiger partial charge in [-0.05, 0) is 12.5 Å². The van der Waals surface area contributed by atoms with E-state index in [2.05, 4.69) is 0 Å². The van der Waals surface area contributed by atoms with Crippen LogP contribution in [-0.2, 0) is 4.43 Å². The molecular weight excluding hydrogens is 143 g/mol. The SMILES string of the molecule is O[Si]1(F)CCCO[SiH2]1. The largest absolute Gasteiger partial charge is 0.421 e. The van der Waals surface area contributed by atoms with Gasteiger partial charge in [0.25, 0.3) is 0 Å². The maximum atomic E-state index is 12.5. The molecule has 0 aromatic rings. The summed E-state index contributed by atoms with van der Waals surface area (Å²) in [6.45, 7) is 0.672. The molecule has 1 heterocycles. The first-order chi connectivity index (χ1) is 3.71. The fourth-order valence-electron chi connectivity index (χ4n) is 0.746. The molecule has 1 atom stereocenters. The highest BCUT2D eigenvalue weighted by atomic mass is 29.2. The highest BCUT2D eigenvalue weighted by Gasteiger charge is 2.35. The molecule has 0 spiro atoms. The van der Waals surface area contributed by atoms with E-state index in [1.165, 1.54) is 0 Å². The van der Waals surface area contributed by atoms with Gasteiger partial charge in [-0.25, -0.2) is 0 Å². The molecule has 0 aromatic heterocycles. The summed E-state index contributed by atoms with van der Waals surface area (Å²) in [6, 6.07) is 0.416. The van der Waals surface area contributed by atoms with Crippen LogP contribution in [0.5, 0.6) is 0 Å². The quantitative estimate of drug-likeness (QED) is 0.371. The van der Waals surface area contributed by atoms with Crippen LogP contribution in [0, 0.1) is 0 Å². The zero-order chi connectivity index (χ0) is 6.04. The third-order valence-electron chi connectivity index (χ3n) is 1.17. The maximum Gasteiger partial charge on any atom is 0.384 e. The predicted octanol–water partition coefficient (Wildman–Crippen LogP) is -0.609. The lowest BCUT2D eigenvalue weighted by Gasteiger charge is -2.19. The molecule has 1 aliphatic heterocycles. The Labute approximate surface area is 50.7 Å². The molecule has 5 heteroatoms. The first-order valence-corrected chi connectivity index (χ1v) is 7.64. The molecule has 0 saturated carbocycles. The lowest BCUT2D eigenvalue weighted by Crippen LogP contribution is -2.42. The third-order valence-corrected chi connectivity index (χ3v) is 6.23. The van der Waals surface area contributed by atoms with Crippen molar-refractivity contribution in [3.8, 4) is 0 Å². The van der Waals surface area contributed by atoms with Crippen molar-refractivity contribution in [2.75, 3.05) is 6.61 Å². The Morgan fingerprint density at radius 2 is 2.50 bits per heavy atom. The van der Waals surface area contributed by atoms with Gasteiger partial charge in [0.2, 0.25) is 9.28 Å². The molecule has 1 unspecified atom stereocenters. The summed E-state index contributed by atoms with van der Waals surface area (Å²) >= 11 is 0. The zero-order valence-electron chi connectivity index (χ0n) is 4.56. The molecule has 0 radical (unpaired) electrons. The van der Waals surface area contributed by atoms with Gasteiger partial charge in [0.05, 0.1) is 0 Å². The van der Waals surface area contributed by atoms with Gasteiger partial charge in [-0.3, -0.25) is 4.11 Å². The minimum Gasteiger partial charge on any atom is -0.421 e. The van der Waals surface area contributed by atoms with Gasteiger partial charge in [0.15, 0.2) is 0 Å². The highest BCUT2D eigenvalue weighted by molar-refractivity contribution is 7.14. The van der Waals surface area contributed by atoms with Crippen LogP contribution in [0.25, 0.3) is 0 Å². The van der Waals surface area contributed by atoms with Crippen LogP contribution in [0.15, 0.2) is 0 Å². The smallest absolute Gasteiger partial charge is 0.384 e. The lowest BCUT2D eigenvalue weighted by atomic mass is 10.5. The second kappa shape index (κ2) is 2.26. The Morgan fingerprint density at radius 1 is 1.75 bits per heavy atom. The van der Waals surface area contributed by atoms with Gasteiger partial charge in [0.1, 0.15) is 0 Å². The van der Waals surface area contributed by atoms with E-state index in [0.29, 0.717) is 19.1 Å². The number of hydrogen-bond donors (Lipinski definition) is 1. The van der Waals surface area contributed by atoms with Crippen LogP contribution in [0.1, 0.15) is 6.42 Å². The first-order valence-electron chi connectivity index (χ1n) is 2.70. The molecule has 1 saturated heterocycles. The molecule has 1 N–H and O–H groups in total. The summed E-state index contributed by atoms with van der Waals surface area (Å²) in [5.41, 5.74) is 0. The van der Waals surface area contributed by atoms with Gasteiger partial charge in [-0.1, -0.05) is 0 Å². The number of rotatable bonds is 0. The van der Waals surface area contributed by atoms with Gasteiger partial charge in [0, 0.05) is 6.61 Å². The Balaban J connectivity index is 2.33. The van der Waals surface area contributed by atoms with Crippen molar-refractivity contribution in [3.05, 3.63) is 0 Å². The highest BCUT2D eigenvalue weighted by Crippen LogP contribution is 2.13. The minimum absolute atomic E-state index is 0.416. The Bertz CT molecular complexity index is 79.4. The first kappa shape index (κ1) is 6.40. The van der Waals surface area contributed by atoms with Crippen LogP contribution in [-0.4, -0.2) is 28.9 Å². The molecule has 0 amide bonds. The van der Waals surface area contributed by atoms with Crippen molar-refractivity contribution in [3.63, 3.8) is 0 Å². The van der Waals surface area contributed by atoms with Crippen molar-refractivity contribution in [2.45, 2.75) is 12.5 Å². The Hall–Kier alpha value is 0.284. The van der Waals surface area contributed by atoms with E-state index in [4.69, 9.17) is 9.22 Å². The molecule has 2 nitrogen and oxygen atoms in total. The molecule has 48 valence electrons. The van der Waals surface area contributed by atoms with Crippen LogP contribution in [0.3, 0.4) is 0 Å². The van der Waals surface area contributed by atoms with Gasteiger partial charge in [-0.2, -0.15) is 0 Å². The molecule has 8 heavy (non-hydrogen) atoms. The Morgan fingerprint density at radius 3 is 2.75 bits per heavy atom. The molecule has 0 aliphatic carbocycles. The van der Waals surface area contributed by atoms with Crippen LogP contribution in [0.4, 0.5) is 4.11 Å². The summed E-state index contributed by atoms with van der Waals surface area (Å²) in [4.78, 5) is 8.78. The Kier molecular flexibility index (Phi) is 1.81. The molecule has 1 aliphatic rings. The van der Waals surface area contributed by atoms with Gasteiger partial charge in [-0.15, -0.1) is 0 Å². The summed E-state index contributed by atoms with van der Waals surface area (Å²) < 4.78 is 17.4. The van der Waals surface area contributed by atoms with E-state index in [9.17, 15) is 4.11 Å². The summed E-state index contributed by atoms with van der Waals surface area (Å²) in [5, 5.41) is 0. The third kappa shape index (κ3) is 1.66. The summed E-state index contributed by atoms with van der Waals surface area (Å²) in [6.07, 6.45) is 0.715. The minimum atomic E-state index is -3.17. The average molecular weight is 152 g/mol. The number of halogens is 1. The van der Waals surface area contributed by atoms with Crippen LogP contribution < -0.4 is 0 Å². The molecular formula is C3H9FO2Si2. The standard InChI is InChI=1S/C3H9FO2Si2/c4-8(5)3-1-2-6-7-8/h5H,1-3,7H2. The normalized spacial score (nSPS) is 42.8. The van der Waals surface area contributed by atoms with Crippen molar-refractivity contribution >= 4 is 17.4 Å². The van der Waals surface area contributed by atoms with Crippen LogP contribution >= 0.6 is 0 Å². The van der Waals surface area contributed by atoms with E-state index in [0.717, 1.165) is 0 Å². The fraction of sp³-hybridized carbons (Fsp3) is 1.00. The van der Waals surface area contributed by atoms with Crippen molar-refractivity contribution in [1.29, 1.82) is 0 Å². The van der Waals surface area contributed by atoms with Gasteiger partial charge >= 0.3 is 8.17 Å². The van der Waals surface area contributed by atoms with Gasteiger partial charge < -0.3 is 9.22 Å². The number of hydrogen-bond acceptors (Lipinski definition) is 2. The lowest BCUT2D eigenvalue weighted by molar-refractivity contribution is 0.308. The zero-order valence-corrected chi connectivity index (χ0v) is 6.98. The van der Waals surface area contributed by atoms with Crippen molar-refractivity contribution in [1.82, 2.24) is 0 Å². The predicted molar refractivity (Wildman–Crippen MR) is 33.0 cm³/mol. The van der Waals surface area contributed by atoms with E-state index in [1.54, 1.807) is 0 Å². The molecule has 0 aromatic carbocycles. The summed E-state index contributed by atoms with van der Waals surface area (Å²) in [7, 11) is -4.31.